The molecule has 0 radical (unpaired) electrons. The molecule has 1 aromatic carbocycles. The number of benzene rings is 1. The summed E-state index contributed by atoms with van der Waals surface area (Å²) in [6.07, 6.45) is 0.532. The first kappa shape index (κ1) is 21.5. The molecule has 0 bridgehead atoms. The van der Waals surface area contributed by atoms with E-state index in [1.807, 2.05) is 26.8 Å². The maximum atomic E-state index is 12.0. The number of carbonyl (C=O) groups excluding carboxylic acids is 1. The van der Waals surface area contributed by atoms with Crippen LogP contribution >= 0.6 is 11.8 Å². The van der Waals surface area contributed by atoms with Crippen LogP contribution in [0.4, 0.5) is 0 Å². The molecule has 0 heterocycles. The Balaban J connectivity index is 2.39. The van der Waals surface area contributed by atoms with Crippen LogP contribution in [-0.4, -0.2) is 41.0 Å². The zero-order valence-electron chi connectivity index (χ0n) is 15.7. The van der Waals surface area contributed by atoms with E-state index in [0.29, 0.717) is 5.75 Å². The molecule has 1 amide bonds. The van der Waals surface area contributed by atoms with Gasteiger partial charge in [0.05, 0.1) is 5.60 Å². The lowest BCUT2D eigenvalue weighted by Gasteiger charge is -2.21. The van der Waals surface area contributed by atoms with Crippen molar-refractivity contribution in [3.63, 3.8) is 0 Å². The first-order chi connectivity index (χ1) is 11.6. The minimum Gasteiger partial charge on any atom is -0.480 e. The summed E-state index contributed by atoms with van der Waals surface area (Å²) in [5, 5.41) is 11.8. The summed E-state index contributed by atoms with van der Waals surface area (Å²) < 4.78 is 5.53. The van der Waals surface area contributed by atoms with Crippen LogP contribution in [0.5, 0.6) is 0 Å². The van der Waals surface area contributed by atoms with E-state index >= 15 is 0 Å². The molecule has 0 aliphatic heterocycles. The second-order valence-electron chi connectivity index (χ2n) is 7.05. The third-order valence-corrected chi connectivity index (χ3v) is 4.65. The van der Waals surface area contributed by atoms with Gasteiger partial charge in [-0.2, -0.15) is 0 Å². The minimum absolute atomic E-state index is 0.250. The predicted molar refractivity (Wildman–Crippen MR) is 101 cm³/mol. The summed E-state index contributed by atoms with van der Waals surface area (Å²) in [5.41, 5.74) is 2.14. The summed E-state index contributed by atoms with van der Waals surface area (Å²) in [5.74, 6) is -0.675. The summed E-state index contributed by atoms with van der Waals surface area (Å²) in [7, 11) is 0. The van der Waals surface area contributed by atoms with E-state index in [4.69, 9.17) is 4.74 Å². The molecule has 25 heavy (non-hydrogen) atoms. The van der Waals surface area contributed by atoms with E-state index in [0.717, 1.165) is 4.90 Å². The largest absolute Gasteiger partial charge is 0.480 e. The lowest BCUT2D eigenvalue weighted by Crippen LogP contribution is -2.42. The van der Waals surface area contributed by atoms with Crippen LogP contribution < -0.4 is 5.32 Å². The number of nitrogens with one attached hydrogen (secondary N) is 1. The third kappa shape index (κ3) is 8.93. The number of amides is 1. The summed E-state index contributed by atoms with van der Waals surface area (Å²) in [6.45, 7) is 10.1. The molecule has 0 aromatic heterocycles. The van der Waals surface area contributed by atoms with Gasteiger partial charge in [-0.3, -0.25) is 4.79 Å². The van der Waals surface area contributed by atoms with Gasteiger partial charge in [-0.05, 0) is 57.9 Å². The molecule has 0 saturated carbocycles. The maximum Gasteiger partial charge on any atom is 0.326 e. The highest BCUT2D eigenvalue weighted by molar-refractivity contribution is 7.99. The van der Waals surface area contributed by atoms with Crippen molar-refractivity contribution in [1.29, 1.82) is 0 Å². The van der Waals surface area contributed by atoms with E-state index in [9.17, 15) is 14.7 Å². The molecule has 0 spiro atoms. The Hall–Kier alpha value is -1.53. The Kier molecular flexibility index (Phi) is 8.45. The lowest BCUT2D eigenvalue weighted by molar-refractivity contribution is -0.142. The Morgan fingerprint density at radius 2 is 1.92 bits per heavy atom. The number of hydrogen-bond acceptors (Lipinski definition) is 4. The zero-order valence-corrected chi connectivity index (χ0v) is 16.5. The van der Waals surface area contributed by atoms with Crippen LogP contribution in [0.15, 0.2) is 23.1 Å². The van der Waals surface area contributed by atoms with Crippen molar-refractivity contribution in [1.82, 2.24) is 5.32 Å². The number of aryl methyl sites for hydroxylation is 2. The standard InChI is InChI=1S/C19H29NO4S/c1-13-6-7-15(12-14(13)2)25-11-9-17(21)20-16(18(22)23)8-10-24-19(3,4)5/h6-7,12,16H,8-11H2,1-5H3,(H,20,21)(H,22,23). The molecule has 1 atom stereocenters. The maximum absolute atomic E-state index is 12.0. The molecule has 0 aliphatic carbocycles. The van der Waals surface area contributed by atoms with Gasteiger partial charge in [0, 0.05) is 30.1 Å². The smallest absolute Gasteiger partial charge is 0.326 e. The third-order valence-electron chi connectivity index (χ3n) is 3.65. The van der Waals surface area contributed by atoms with Gasteiger partial charge in [-0.1, -0.05) is 6.07 Å². The van der Waals surface area contributed by atoms with Crippen molar-refractivity contribution in [3.05, 3.63) is 29.3 Å². The first-order valence-electron chi connectivity index (χ1n) is 8.44. The summed E-state index contributed by atoms with van der Waals surface area (Å²) in [4.78, 5) is 24.4. The minimum atomic E-state index is -1.03. The Morgan fingerprint density at radius 1 is 1.24 bits per heavy atom. The molecule has 5 nitrogen and oxygen atoms in total. The van der Waals surface area contributed by atoms with Crippen LogP contribution in [0.1, 0.15) is 44.7 Å². The van der Waals surface area contributed by atoms with Gasteiger partial charge < -0.3 is 15.2 Å². The highest BCUT2D eigenvalue weighted by atomic mass is 32.2. The summed E-state index contributed by atoms with van der Waals surface area (Å²) in [6, 6.07) is 5.28. The molecule has 6 heteroatoms. The normalized spacial score (nSPS) is 12.7. The van der Waals surface area contributed by atoms with E-state index in [-0.39, 0.29) is 31.0 Å². The molecule has 0 saturated heterocycles. The van der Waals surface area contributed by atoms with Crippen molar-refractivity contribution in [2.24, 2.45) is 0 Å². The van der Waals surface area contributed by atoms with E-state index in [1.54, 1.807) is 11.8 Å². The fourth-order valence-corrected chi connectivity index (χ4v) is 3.02. The molecule has 0 aliphatic rings. The first-order valence-corrected chi connectivity index (χ1v) is 9.43. The van der Waals surface area contributed by atoms with Crippen molar-refractivity contribution >= 4 is 23.6 Å². The van der Waals surface area contributed by atoms with Gasteiger partial charge in [0.2, 0.25) is 5.91 Å². The topological polar surface area (TPSA) is 75.6 Å². The fraction of sp³-hybridized carbons (Fsp3) is 0.579. The Labute approximate surface area is 154 Å². The average molecular weight is 368 g/mol. The number of carboxylic acids is 1. The lowest BCUT2D eigenvalue weighted by atomic mass is 10.1. The van der Waals surface area contributed by atoms with Crippen LogP contribution in [0.25, 0.3) is 0 Å². The number of carbonyl (C=O) groups is 2. The van der Waals surface area contributed by atoms with Gasteiger partial charge in [0.25, 0.3) is 0 Å². The number of ether oxygens (including phenoxy) is 1. The monoisotopic (exact) mass is 367 g/mol. The van der Waals surface area contributed by atoms with E-state index in [1.165, 1.54) is 11.1 Å². The molecule has 1 unspecified atom stereocenters. The summed E-state index contributed by atoms with van der Waals surface area (Å²) >= 11 is 1.60. The average Bonchev–Trinajstić information content (AvgIpc) is 2.48. The van der Waals surface area contributed by atoms with Gasteiger partial charge in [-0.15, -0.1) is 11.8 Å². The van der Waals surface area contributed by atoms with Crippen LogP contribution in [0.3, 0.4) is 0 Å². The van der Waals surface area contributed by atoms with E-state index in [2.05, 4.69) is 31.3 Å². The highest BCUT2D eigenvalue weighted by Gasteiger charge is 2.21. The molecule has 2 N–H and O–H groups in total. The second kappa shape index (κ2) is 9.82. The number of carboxylic acid groups (broad SMARTS) is 1. The van der Waals surface area contributed by atoms with Crippen molar-refractivity contribution in [2.75, 3.05) is 12.4 Å². The fourth-order valence-electron chi connectivity index (χ4n) is 2.07. The number of aliphatic carboxylic acids is 1. The van der Waals surface area contributed by atoms with Crippen LogP contribution in [0, 0.1) is 13.8 Å². The van der Waals surface area contributed by atoms with Gasteiger partial charge in [0.1, 0.15) is 6.04 Å². The van der Waals surface area contributed by atoms with Gasteiger partial charge >= 0.3 is 5.97 Å². The quantitative estimate of drug-likeness (QED) is 0.653. The van der Waals surface area contributed by atoms with Crippen molar-refractivity contribution < 1.29 is 19.4 Å². The highest BCUT2D eigenvalue weighted by Crippen LogP contribution is 2.21. The number of rotatable bonds is 9. The van der Waals surface area contributed by atoms with Crippen LogP contribution in [0.2, 0.25) is 0 Å². The molecule has 1 rings (SSSR count). The Morgan fingerprint density at radius 3 is 2.48 bits per heavy atom. The van der Waals surface area contributed by atoms with Crippen molar-refractivity contribution in [3.8, 4) is 0 Å². The van der Waals surface area contributed by atoms with Crippen molar-refractivity contribution in [2.45, 2.75) is 64.0 Å². The number of thioether (sulfide) groups is 1. The van der Waals surface area contributed by atoms with Crippen LogP contribution in [-0.2, 0) is 14.3 Å². The number of hydrogen-bond donors (Lipinski definition) is 2. The SMILES string of the molecule is Cc1ccc(SCCC(=O)NC(CCOC(C)(C)C)C(=O)O)cc1C. The zero-order chi connectivity index (χ0) is 19.0. The molecule has 0 fully saturated rings. The van der Waals surface area contributed by atoms with Gasteiger partial charge in [0.15, 0.2) is 0 Å². The van der Waals surface area contributed by atoms with Gasteiger partial charge in [-0.25, -0.2) is 4.79 Å². The molecule has 1 aromatic rings. The molecular formula is C19H29NO4S. The second-order valence-corrected chi connectivity index (χ2v) is 8.22. The molecule has 140 valence electrons. The Bertz CT molecular complexity index is 596. The predicted octanol–water partition coefficient (Wildman–Crippen LogP) is 3.56. The molecular weight excluding hydrogens is 338 g/mol. The van der Waals surface area contributed by atoms with E-state index < -0.39 is 12.0 Å².